The number of rotatable bonds is 11. The molecule has 1 N–H and O–H groups in total. The number of hydrogen-bond acceptors (Lipinski definition) is 7. The zero-order valence-corrected chi connectivity index (χ0v) is 20.6. The molecule has 178 valence electrons. The molecule has 0 amide bonds. The average Bonchev–Trinajstić information content (AvgIpc) is 3.09. The standard InChI is InChI=1S/C22H29N3O4S.2ClH/c1-3-8-24(16-21(26)27)15-18-5-4-6-19(14-18)29-11-7-20-17(2)30-22(23-20)25-9-12-28-13-10-25;;/h3-6,14H,1,7-13,15-16H2,2H3,(H,26,27);2*1H. The van der Waals surface area contributed by atoms with Gasteiger partial charge in [0.2, 0.25) is 0 Å². The fraction of sp³-hybridized carbons (Fsp3) is 0.455. The van der Waals surface area contributed by atoms with Crippen molar-refractivity contribution in [2.45, 2.75) is 19.9 Å². The number of thiazole rings is 1. The van der Waals surface area contributed by atoms with Crippen molar-refractivity contribution < 1.29 is 19.4 Å². The second-order valence-corrected chi connectivity index (χ2v) is 8.38. The van der Waals surface area contributed by atoms with Gasteiger partial charge in [-0.1, -0.05) is 18.2 Å². The number of carboxylic acids is 1. The van der Waals surface area contributed by atoms with Crippen LogP contribution in [-0.4, -0.2) is 67.0 Å². The van der Waals surface area contributed by atoms with E-state index in [4.69, 9.17) is 19.6 Å². The minimum absolute atomic E-state index is 0. The van der Waals surface area contributed by atoms with Gasteiger partial charge in [-0.15, -0.1) is 42.7 Å². The molecule has 2 heterocycles. The molecule has 1 aliphatic heterocycles. The van der Waals surface area contributed by atoms with Gasteiger partial charge in [0.25, 0.3) is 0 Å². The molecule has 0 bridgehead atoms. The van der Waals surface area contributed by atoms with Crippen LogP contribution < -0.4 is 9.64 Å². The van der Waals surface area contributed by atoms with Crippen LogP contribution in [0.5, 0.6) is 5.75 Å². The van der Waals surface area contributed by atoms with E-state index in [0.29, 0.717) is 19.7 Å². The molecular formula is C22H31Cl2N3O4S. The summed E-state index contributed by atoms with van der Waals surface area (Å²) in [6, 6.07) is 7.79. The summed E-state index contributed by atoms with van der Waals surface area (Å²) in [4.78, 5) is 21.2. The summed E-state index contributed by atoms with van der Waals surface area (Å²) in [6.45, 7) is 10.7. The highest BCUT2D eigenvalue weighted by Gasteiger charge is 2.17. The normalized spacial score (nSPS) is 13.2. The van der Waals surface area contributed by atoms with E-state index in [1.807, 2.05) is 29.2 Å². The first-order valence-corrected chi connectivity index (χ1v) is 10.9. The third kappa shape index (κ3) is 8.60. The minimum Gasteiger partial charge on any atom is -0.493 e. The van der Waals surface area contributed by atoms with Crippen molar-refractivity contribution in [1.29, 1.82) is 0 Å². The van der Waals surface area contributed by atoms with Gasteiger partial charge in [-0.25, -0.2) is 4.98 Å². The molecule has 1 saturated heterocycles. The van der Waals surface area contributed by atoms with Crippen LogP contribution in [0.2, 0.25) is 0 Å². The number of halogens is 2. The number of anilines is 1. The Morgan fingerprint density at radius 3 is 2.81 bits per heavy atom. The molecule has 2 aromatic rings. The first kappa shape index (κ1) is 28.2. The molecule has 1 aromatic heterocycles. The third-order valence-corrected chi connectivity index (χ3v) is 5.90. The monoisotopic (exact) mass is 503 g/mol. The van der Waals surface area contributed by atoms with Gasteiger partial charge in [0.15, 0.2) is 5.13 Å². The van der Waals surface area contributed by atoms with Crippen molar-refractivity contribution in [1.82, 2.24) is 9.88 Å². The topological polar surface area (TPSA) is 75.1 Å². The maximum absolute atomic E-state index is 11.0. The summed E-state index contributed by atoms with van der Waals surface area (Å²) in [5, 5.41) is 10.1. The summed E-state index contributed by atoms with van der Waals surface area (Å²) in [6.07, 6.45) is 2.46. The van der Waals surface area contributed by atoms with Crippen molar-refractivity contribution in [2.75, 3.05) is 50.9 Å². The molecule has 0 aliphatic carbocycles. The zero-order chi connectivity index (χ0) is 21.3. The molecule has 0 atom stereocenters. The molecule has 0 unspecified atom stereocenters. The summed E-state index contributed by atoms with van der Waals surface area (Å²) in [5.41, 5.74) is 2.09. The molecule has 0 radical (unpaired) electrons. The third-order valence-electron chi connectivity index (χ3n) is 4.82. The number of ether oxygens (including phenoxy) is 2. The van der Waals surface area contributed by atoms with E-state index < -0.39 is 5.97 Å². The largest absolute Gasteiger partial charge is 0.493 e. The molecular weight excluding hydrogens is 473 g/mol. The number of morpholine rings is 1. The average molecular weight is 504 g/mol. The molecule has 1 aliphatic rings. The van der Waals surface area contributed by atoms with Crippen molar-refractivity contribution in [2.24, 2.45) is 0 Å². The van der Waals surface area contributed by atoms with Gasteiger partial charge in [-0.2, -0.15) is 0 Å². The highest BCUT2D eigenvalue weighted by Crippen LogP contribution is 2.27. The van der Waals surface area contributed by atoms with Gasteiger partial charge >= 0.3 is 5.97 Å². The van der Waals surface area contributed by atoms with E-state index in [-0.39, 0.29) is 31.4 Å². The Morgan fingerprint density at radius 2 is 2.12 bits per heavy atom. The maximum atomic E-state index is 11.0. The van der Waals surface area contributed by atoms with Crippen molar-refractivity contribution in [3.63, 3.8) is 0 Å². The van der Waals surface area contributed by atoms with Crippen LogP contribution in [0.1, 0.15) is 16.1 Å². The lowest BCUT2D eigenvalue weighted by Crippen LogP contribution is -2.36. The first-order valence-electron chi connectivity index (χ1n) is 10.1. The van der Waals surface area contributed by atoms with E-state index in [9.17, 15) is 4.79 Å². The highest BCUT2D eigenvalue weighted by molar-refractivity contribution is 7.15. The smallest absolute Gasteiger partial charge is 0.317 e. The predicted octanol–water partition coefficient (Wildman–Crippen LogP) is 3.83. The number of nitrogens with zero attached hydrogens (tertiary/aromatic N) is 3. The number of benzene rings is 1. The van der Waals surface area contributed by atoms with Crippen molar-refractivity contribution in [3.8, 4) is 5.75 Å². The zero-order valence-electron chi connectivity index (χ0n) is 18.2. The summed E-state index contributed by atoms with van der Waals surface area (Å²) >= 11 is 1.73. The second-order valence-electron chi connectivity index (χ2n) is 7.20. The van der Waals surface area contributed by atoms with E-state index in [2.05, 4.69) is 18.4 Å². The highest BCUT2D eigenvalue weighted by atomic mass is 35.5. The molecule has 0 spiro atoms. The lowest BCUT2D eigenvalue weighted by atomic mass is 10.2. The minimum atomic E-state index is -0.848. The number of aliphatic carboxylic acids is 1. The maximum Gasteiger partial charge on any atom is 0.317 e. The molecule has 1 aromatic carbocycles. The van der Waals surface area contributed by atoms with E-state index in [0.717, 1.165) is 54.9 Å². The molecule has 10 heteroatoms. The van der Waals surface area contributed by atoms with Crippen LogP contribution in [0.3, 0.4) is 0 Å². The molecule has 7 nitrogen and oxygen atoms in total. The molecule has 1 fully saturated rings. The SMILES string of the molecule is C=CCN(CC(=O)O)Cc1cccc(OCCc2nc(N3CCOCC3)sc2C)c1.Cl.Cl. The molecule has 3 rings (SSSR count). The second kappa shape index (κ2) is 14.3. The van der Waals surface area contributed by atoms with Gasteiger partial charge in [0.05, 0.1) is 32.1 Å². The van der Waals surface area contributed by atoms with Crippen molar-refractivity contribution >= 4 is 47.3 Å². The number of aryl methyl sites for hydroxylation is 1. The lowest BCUT2D eigenvalue weighted by Gasteiger charge is -2.26. The summed E-state index contributed by atoms with van der Waals surface area (Å²) < 4.78 is 11.4. The van der Waals surface area contributed by atoms with E-state index >= 15 is 0 Å². The molecule has 32 heavy (non-hydrogen) atoms. The Hall–Kier alpha value is -1.84. The molecule has 0 saturated carbocycles. The Morgan fingerprint density at radius 1 is 1.38 bits per heavy atom. The van der Waals surface area contributed by atoms with Crippen LogP contribution in [0, 0.1) is 6.92 Å². The first-order chi connectivity index (χ1) is 14.5. The van der Waals surface area contributed by atoms with Crippen LogP contribution in [0.4, 0.5) is 5.13 Å². The van der Waals surface area contributed by atoms with E-state index in [1.54, 1.807) is 17.4 Å². The predicted molar refractivity (Wildman–Crippen MR) is 133 cm³/mol. The Balaban J connectivity index is 0.00000256. The number of carbonyl (C=O) groups is 1. The van der Waals surface area contributed by atoms with Gasteiger partial charge < -0.3 is 19.5 Å². The summed E-state index contributed by atoms with van der Waals surface area (Å²) in [7, 11) is 0. The van der Waals surface area contributed by atoms with Gasteiger partial charge in [0.1, 0.15) is 5.75 Å². The van der Waals surface area contributed by atoms with Gasteiger partial charge in [-0.3, -0.25) is 9.69 Å². The van der Waals surface area contributed by atoms with Crippen LogP contribution in [-0.2, 0) is 22.5 Å². The summed E-state index contributed by atoms with van der Waals surface area (Å²) in [5.74, 6) is -0.0676. The number of aromatic nitrogens is 1. The number of hydrogen-bond donors (Lipinski definition) is 1. The van der Waals surface area contributed by atoms with Crippen LogP contribution in [0.15, 0.2) is 36.9 Å². The fourth-order valence-corrected chi connectivity index (χ4v) is 4.36. The van der Waals surface area contributed by atoms with Crippen LogP contribution in [0.25, 0.3) is 0 Å². The Kier molecular flexibility index (Phi) is 12.6. The fourth-order valence-electron chi connectivity index (χ4n) is 3.35. The Labute approximate surface area is 205 Å². The van der Waals surface area contributed by atoms with E-state index in [1.165, 1.54) is 4.88 Å². The lowest BCUT2D eigenvalue weighted by molar-refractivity contribution is -0.138. The quantitative estimate of drug-likeness (QED) is 0.467. The van der Waals surface area contributed by atoms with Crippen molar-refractivity contribution in [3.05, 3.63) is 53.1 Å². The number of carboxylic acid groups (broad SMARTS) is 1. The Bertz CT molecular complexity index is 859. The van der Waals surface area contributed by atoms with Gasteiger partial charge in [-0.05, 0) is 24.6 Å². The van der Waals surface area contributed by atoms with Gasteiger partial charge in [0, 0.05) is 37.5 Å². The van der Waals surface area contributed by atoms with Crippen LogP contribution >= 0.6 is 36.2 Å².